The van der Waals surface area contributed by atoms with Crippen molar-refractivity contribution in [2.45, 2.75) is 39.7 Å². The Labute approximate surface area is 179 Å². The van der Waals surface area contributed by atoms with Gasteiger partial charge in [-0.05, 0) is 27.7 Å². The first kappa shape index (κ1) is 28.5. The average Bonchev–Trinajstić information content (AvgIpc) is 2.65. The highest BCUT2D eigenvalue weighted by molar-refractivity contribution is 5.86. The van der Waals surface area contributed by atoms with Crippen LogP contribution in [0, 0.1) is 0 Å². The van der Waals surface area contributed by atoms with E-state index in [1.807, 2.05) is 20.8 Å². The predicted octanol–water partition coefficient (Wildman–Crippen LogP) is 1.92. The molecule has 0 amide bonds. The van der Waals surface area contributed by atoms with Crippen LogP contribution in [-0.2, 0) is 42.7 Å². The first-order chi connectivity index (χ1) is 14.2. The van der Waals surface area contributed by atoms with Gasteiger partial charge in [0.15, 0.2) is 0 Å². The lowest BCUT2D eigenvalue weighted by molar-refractivity contribution is -0.156. The van der Waals surface area contributed by atoms with Gasteiger partial charge in [-0.1, -0.05) is 6.58 Å². The van der Waals surface area contributed by atoms with E-state index in [9.17, 15) is 9.59 Å². The van der Waals surface area contributed by atoms with E-state index in [4.69, 9.17) is 33.2 Å². The van der Waals surface area contributed by atoms with Crippen molar-refractivity contribution < 1.29 is 42.7 Å². The molecule has 0 aromatic carbocycles. The molecule has 0 saturated carbocycles. The lowest BCUT2D eigenvalue weighted by atomic mass is 10.2. The van der Waals surface area contributed by atoms with Crippen molar-refractivity contribution in [3.8, 4) is 0 Å². The van der Waals surface area contributed by atoms with Crippen LogP contribution in [0.4, 0.5) is 0 Å². The number of rotatable bonds is 19. The van der Waals surface area contributed by atoms with Gasteiger partial charge in [0.25, 0.3) is 0 Å². The van der Waals surface area contributed by atoms with Crippen LogP contribution in [0.25, 0.3) is 0 Å². The van der Waals surface area contributed by atoms with Gasteiger partial charge in [0.2, 0.25) is 0 Å². The minimum absolute atomic E-state index is 0.198. The molecule has 0 rings (SSSR count). The molecule has 0 N–H and O–H groups in total. The predicted molar refractivity (Wildman–Crippen MR) is 110 cm³/mol. The molecule has 0 atom stereocenters. The highest BCUT2D eigenvalue weighted by Crippen LogP contribution is 2.07. The van der Waals surface area contributed by atoms with E-state index in [0.717, 1.165) is 0 Å². The minimum atomic E-state index is -0.471. The molecule has 0 aliphatic heterocycles. The molecular formula is C21H38O9. The molecule has 0 bridgehead atoms. The van der Waals surface area contributed by atoms with Gasteiger partial charge >= 0.3 is 11.9 Å². The summed E-state index contributed by atoms with van der Waals surface area (Å²) >= 11 is 0. The van der Waals surface area contributed by atoms with Gasteiger partial charge in [-0.3, -0.25) is 4.79 Å². The van der Waals surface area contributed by atoms with E-state index < -0.39 is 11.6 Å². The second-order valence-corrected chi connectivity index (χ2v) is 7.31. The first-order valence-electron chi connectivity index (χ1n) is 10.2. The van der Waals surface area contributed by atoms with Crippen LogP contribution in [0.5, 0.6) is 0 Å². The summed E-state index contributed by atoms with van der Waals surface area (Å²) in [5, 5.41) is 0. The summed E-state index contributed by atoms with van der Waals surface area (Å²) in [6.07, 6.45) is 0.230. The van der Waals surface area contributed by atoms with Gasteiger partial charge in [0, 0.05) is 5.57 Å². The number of ether oxygens (including phenoxy) is 7. The molecule has 0 aromatic rings. The molecule has 0 aliphatic carbocycles. The van der Waals surface area contributed by atoms with Gasteiger partial charge in [0.05, 0.1) is 72.5 Å². The highest BCUT2D eigenvalue weighted by Gasteiger charge is 2.15. The minimum Gasteiger partial charge on any atom is -0.460 e. The van der Waals surface area contributed by atoms with Gasteiger partial charge < -0.3 is 33.2 Å². The third-order valence-electron chi connectivity index (χ3n) is 3.17. The maximum Gasteiger partial charge on any atom is 0.333 e. The summed E-state index contributed by atoms with van der Waals surface area (Å²) in [7, 11) is 0. The average molecular weight is 435 g/mol. The fourth-order valence-corrected chi connectivity index (χ4v) is 1.85. The maximum atomic E-state index is 11.5. The Bertz CT molecular complexity index is 472. The highest BCUT2D eigenvalue weighted by atomic mass is 16.6. The Balaban J connectivity index is 3.19. The van der Waals surface area contributed by atoms with Crippen LogP contribution < -0.4 is 0 Å². The normalized spacial score (nSPS) is 11.3. The number of esters is 2. The summed E-state index contributed by atoms with van der Waals surface area (Å²) < 4.78 is 36.7. The second-order valence-electron chi connectivity index (χ2n) is 7.31. The van der Waals surface area contributed by atoms with E-state index in [1.54, 1.807) is 6.92 Å². The smallest absolute Gasteiger partial charge is 0.333 e. The van der Waals surface area contributed by atoms with Crippen LogP contribution in [0.2, 0.25) is 0 Å². The molecule has 0 spiro atoms. The number of hydrogen-bond donors (Lipinski definition) is 0. The fraction of sp³-hybridized carbons (Fsp3) is 0.810. The molecule has 176 valence electrons. The molecule has 9 heteroatoms. The lowest BCUT2D eigenvalue weighted by Gasteiger charge is -2.19. The Kier molecular flexibility index (Phi) is 17.3. The third-order valence-corrected chi connectivity index (χ3v) is 3.17. The van der Waals surface area contributed by atoms with Crippen molar-refractivity contribution in [2.75, 3.05) is 72.7 Å². The zero-order chi connectivity index (χ0) is 22.7. The molecule has 0 unspecified atom stereocenters. The van der Waals surface area contributed by atoms with Crippen molar-refractivity contribution in [3.05, 3.63) is 12.2 Å². The zero-order valence-electron chi connectivity index (χ0n) is 18.9. The molecular weight excluding hydrogens is 396 g/mol. The van der Waals surface area contributed by atoms with Gasteiger partial charge in [-0.25, -0.2) is 4.79 Å². The van der Waals surface area contributed by atoms with Gasteiger partial charge in [-0.2, -0.15) is 0 Å². The van der Waals surface area contributed by atoms with Crippen LogP contribution in [0.1, 0.15) is 34.1 Å². The van der Waals surface area contributed by atoms with E-state index in [1.165, 1.54) is 0 Å². The topological polar surface area (TPSA) is 98.8 Å². The summed E-state index contributed by atoms with van der Waals surface area (Å²) in [6, 6.07) is 0. The molecule has 0 radical (unpaired) electrons. The lowest BCUT2D eigenvalue weighted by Crippen LogP contribution is -2.24. The number of carbonyl (C=O) groups is 2. The molecule has 30 heavy (non-hydrogen) atoms. The van der Waals surface area contributed by atoms with E-state index in [2.05, 4.69) is 6.58 Å². The Hall–Kier alpha value is -1.52. The summed E-state index contributed by atoms with van der Waals surface area (Å²) in [4.78, 5) is 22.6. The van der Waals surface area contributed by atoms with Gasteiger partial charge in [0.1, 0.15) is 12.2 Å². The monoisotopic (exact) mass is 434 g/mol. The van der Waals surface area contributed by atoms with Crippen molar-refractivity contribution in [3.63, 3.8) is 0 Å². The zero-order valence-corrected chi connectivity index (χ0v) is 18.9. The molecule has 0 aliphatic rings. The van der Waals surface area contributed by atoms with Crippen LogP contribution in [0.3, 0.4) is 0 Å². The number of hydrogen-bond acceptors (Lipinski definition) is 9. The largest absolute Gasteiger partial charge is 0.460 e. The third kappa shape index (κ3) is 21.2. The molecule has 0 saturated heterocycles. The molecule has 0 heterocycles. The summed E-state index contributed by atoms with van der Waals surface area (Å²) in [5.41, 5.74) is -0.103. The SMILES string of the molecule is C=C(C)C(=O)OCCOCCOCCOCCOCCOCCC(=O)OC(C)(C)C. The second kappa shape index (κ2) is 18.3. The fourth-order valence-electron chi connectivity index (χ4n) is 1.85. The Morgan fingerprint density at radius 2 is 1.03 bits per heavy atom. The van der Waals surface area contributed by atoms with Crippen molar-refractivity contribution in [1.82, 2.24) is 0 Å². The standard InChI is InChI=1S/C21H38O9/c1-18(2)20(23)29-17-16-28-15-14-27-13-12-26-11-10-25-9-8-24-7-6-19(22)30-21(3,4)5/h1,6-17H2,2-5H3. The summed E-state index contributed by atoms with van der Waals surface area (Å²) in [6.45, 7) is 15.0. The molecule has 9 nitrogen and oxygen atoms in total. The molecule has 0 aromatic heterocycles. The van der Waals surface area contributed by atoms with Crippen molar-refractivity contribution in [1.29, 1.82) is 0 Å². The van der Waals surface area contributed by atoms with E-state index in [-0.39, 0.29) is 19.0 Å². The van der Waals surface area contributed by atoms with Crippen molar-refractivity contribution in [2.24, 2.45) is 0 Å². The Morgan fingerprint density at radius 1 is 0.667 bits per heavy atom. The van der Waals surface area contributed by atoms with Crippen LogP contribution in [0.15, 0.2) is 12.2 Å². The van der Waals surface area contributed by atoms with Crippen molar-refractivity contribution >= 4 is 11.9 Å². The Morgan fingerprint density at radius 3 is 1.40 bits per heavy atom. The van der Waals surface area contributed by atoms with Crippen LogP contribution >= 0.6 is 0 Å². The van der Waals surface area contributed by atoms with Gasteiger partial charge in [-0.15, -0.1) is 0 Å². The van der Waals surface area contributed by atoms with E-state index in [0.29, 0.717) is 71.6 Å². The summed E-state index contributed by atoms with van der Waals surface area (Å²) in [5.74, 6) is -0.684. The first-order valence-corrected chi connectivity index (χ1v) is 10.2. The number of carbonyl (C=O) groups excluding carboxylic acids is 2. The van der Waals surface area contributed by atoms with E-state index >= 15 is 0 Å². The maximum absolute atomic E-state index is 11.5. The quantitative estimate of drug-likeness (QED) is 0.171. The van der Waals surface area contributed by atoms with Crippen LogP contribution in [-0.4, -0.2) is 90.2 Å². The molecule has 0 fully saturated rings.